The average molecular weight is 361 g/mol. The van der Waals surface area contributed by atoms with Crippen molar-refractivity contribution in [2.75, 3.05) is 20.0 Å². The lowest BCUT2D eigenvalue weighted by atomic mass is 9.98. The molecule has 0 aliphatic heterocycles. The molecule has 1 aliphatic carbocycles. The van der Waals surface area contributed by atoms with E-state index >= 15 is 0 Å². The lowest BCUT2D eigenvalue weighted by Gasteiger charge is -2.24. The lowest BCUT2D eigenvalue weighted by Crippen LogP contribution is -2.58. The molecule has 0 radical (unpaired) electrons. The van der Waals surface area contributed by atoms with E-state index in [-0.39, 0.29) is 12.5 Å². The maximum atomic E-state index is 13.0. The summed E-state index contributed by atoms with van der Waals surface area (Å²) in [6, 6.07) is 15.4. The monoisotopic (exact) mass is 361 g/mol. The first-order valence-corrected chi connectivity index (χ1v) is 8.01. The molecule has 3 rings (SSSR count). The van der Waals surface area contributed by atoms with E-state index in [2.05, 4.69) is 0 Å². The van der Waals surface area contributed by atoms with Gasteiger partial charge >= 0.3 is 12.1 Å². The molecule has 7 heteroatoms. The normalized spacial score (nSPS) is 13.0. The van der Waals surface area contributed by atoms with Gasteiger partial charge in [-0.3, -0.25) is 0 Å². The summed E-state index contributed by atoms with van der Waals surface area (Å²) in [4.78, 5) is 23.0. The first kappa shape index (κ1) is 17.8. The van der Waals surface area contributed by atoms with Crippen LogP contribution in [-0.2, 0) is 9.53 Å². The van der Waals surface area contributed by atoms with Crippen molar-refractivity contribution in [3.8, 4) is 11.1 Å². The van der Waals surface area contributed by atoms with Crippen molar-refractivity contribution in [3.05, 3.63) is 59.7 Å². The van der Waals surface area contributed by atoms with Crippen LogP contribution in [0.4, 0.5) is 13.6 Å². The van der Waals surface area contributed by atoms with E-state index in [0.717, 1.165) is 22.3 Å². The summed E-state index contributed by atoms with van der Waals surface area (Å²) in [5.74, 6) is -2.03. The molecule has 2 N–H and O–H groups in total. The summed E-state index contributed by atoms with van der Waals surface area (Å²) in [5.41, 5.74) is 1.39. The van der Waals surface area contributed by atoms with Gasteiger partial charge in [0.2, 0.25) is 0 Å². The number of hydrogen-bond acceptors (Lipinski definition) is 3. The Balaban J connectivity index is 1.76. The third-order valence-corrected chi connectivity index (χ3v) is 4.55. The minimum Gasteiger partial charge on any atom is -0.479 e. The Bertz CT molecular complexity index is 790. The SMILES string of the molecule is O=C(NC(CF)(CF)C(=O)O)OCC1c2ccccc2-c2ccccc21. The lowest BCUT2D eigenvalue weighted by molar-refractivity contribution is -0.146. The van der Waals surface area contributed by atoms with Gasteiger partial charge in [0, 0.05) is 5.92 Å². The highest BCUT2D eigenvalue weighted by molar-refractivity contribution is 5.85. The number of alkyl carbamates (subject to hydrolysis) is 1. The maximum absolute atomic E-state index is 13.0. The molecule has 26 heavy (non-hydrogen) atoms. The number of benzene rings is 2. The van der Waals surface area contributed by atoms with E-state index < -0.39 is 31.0 Å². The molecule has 2 aromatic carbocycles. The van der Waals surface area contributed by atoms with Crippen molar-refractivity contribution in [1.29, 1.82) is 0 Å². The van der Waals surface area contributed by atoms with E-state index in [0.29, 0.717) is 0 Å². The van der Waals surface area contributed by atoms with E-state index in [1.807, 2.05) is 48.5 Å². The van der Waals surface area contributed by atoms with Gasteiger partial charge in [-0.25, -0.2) is 18.4 Å². The van der Waals surface area contributed by atoms with Crippen molar-refractivity contribution in [2.45, 2.75) is 11.5 Å². The quantitative estimate of drug-likeness (QED) is 0.828. The Labute approximate surface area is 148 Å². The number of ether oxygens (including phenoxy) is 1. The molecule has 0 heterocycles. The molecule has 0 bridgehead atoms. The van der Waals surface area contributed by atoms with Crippen molar-refractivity contribution >= 4 is 12.1 Å². The zero-order valence-electron chi connectivity index (χ0n) is 13.7. The fraction of sp³-hybridized carbons (Fsp3) is 0.263. The highest BCUT2D eigenvalue weighted by Crippen LogP contribution is 2.44. The van der Waals surface area contributed by atoms with E-state index in [9.17, 15) is 18.4 Å². The molecular weight excluding hydrogens is 344 g/mol. The molecule has 0 saturated heterocycles. The third kappa shape index (κ3) is 3.00. The molecular formula is C19H17F2NO4. The second-order valence-electron chi connectivity index (χ2n) is 6.11. The molecule has 1 amide bonds. The zero-order chi connectivity index (χ0) is 18.7. The number of carboxylic acid groups (broad SMARTS) is 1. The van der Waals surface area contributed by atoms with Crippen molar-refractivity contribution in [2.24, 2.45) is 0 Å². The maximum Gasteiger partial charge on any atom is 0.408 e. The van der Waals surface area contributed by atoms with Crippen LogP contribution in [0, 0.1) is 0 Å². The summed E-state index contributed by atoms with van der Waals surface area (Å²) in [7, 11) is 0. The largest absolute Gasteiger partial charge is 0.479 e. The van der Waals surface area contributed by atoms with Crippen molar-refractivity contribution in [3.63, 3.8) is 0 Å². The fourth-order valence-electron chi connectivity index (χ4n) is 3.10. The minimum absolute atomic E-state index is 0.0753. The van der Waals surface area contributed by atoms with E-state index in [1.165, 1.54) is 0 Å². The Hall–Kier alpha value is -2.96. The Morgan fingerprint density at radius 2 is 1.50 bits per heavy atom. The van der Waals surface area contributed by atoms with Gasteiger partial charge in [0.05, 0.1) is 0 Å². The predicted octanol–water partition coefficient (Wildman–Crippen LogP) is 3.29. The van der Waals surface area contributed by atoms with Crippen molar-refractivity contribution < 1.29 is 28.2 Å². The first-order chi connectivity index (χ1) is 12.5. The fourth-order valence-corrected chi connectivity index (χ4v) is 3.10. The Morgan fingerprint density at radius 3 is 1.96 bits per heavy atom. The second kappa shape index (κ2) is 7.11. The second-order valence-corrected chi connectivity index (χ2v) is 6.11. The Kier molecular flexibility index (Phi) is 4.88. The number of alkyl halides is 2. The number of hydrogen-bond donors (Lipinski definition) is 2. The molecule has 0 unspecified atom stereocenters. The van der Waals surface area contributed by atoms with Crippen LogP contribution in [0.2, 0.25) is 0 Å². The van der Waals surface area contributed by atoms with Gasteiger partial charge in [-0.1, -0.05) is 48.5 Å². The number of fused-ring (bicyclic) bond motifs is 3. The first-order valence-electron chi connectivity index (χ1n) is 8.01. The number of amides is 1. The summed E-state index contributed by atoms with van der Waals surface area (Å²) < 4.78 is 31.0. The van der Waals surface area contributed by atoms with Gasteiger partial charge in [0.15, 0.2) is 5.54 Å². The van der Waals surface area contributed by atoms with Gasteiger partial charge < -0.3 is 15.2 Å². The molecule has 2 aromatic rings. The highest BCUT2D eigenvalue weighted by atomic mass is 19.1. The van der Waals surface area contributed by atoms with Crippen LogP contribution in [0.15, 0.2) is 48.5 Å². The number of rotatable bonds is 6. The minimum atomic E-state index is -2.62. The molecule has 1 aliphatic rings. The zero-order valence-corrected chi connectivity index (χ0v) is 13.7. The molecule has 136 valence electrons. The van der Waals surface area contributed by atoms with Gasteiger partial charge in [-0.2, -0.15) is 0 Å². The number of carbonyl (C=O) groups excluding carboxylic acids is 1. The van der Waals surface area contributed by atoms with E-state index in [4.69, 9.17) is 9.84 Å². The number of carbonyl (C=O) groups is 2. The van der Waals surface area contributed by atoms with Crippen LogP contribution in [0.1, 0.15) is 17.0 Å². The molecule has 0 aromatic heterocycles. The van der Waals surface area contributed by atoms with Gasteiger partial charge in [0.1, 0.15) is 20.0 Å². The molecule has 0 atom stereocenters. The summed E-state index contributed by atoms with van der Waals surface area (Å²) in [6.45, 7) is -3.24. The van der Waals surface area contributed by atoms with E-state index in [1.54, 1.807) is 5.32 Å². The highest BCUT2D eigenvalue weighted by Gasteiger charge is 2.42. The predicted molar refractivity (Wildman–Crippen MR) is 90.5 cm³/mol. The number of halogens is 2. The Morgan fingerprint density at radius 1 is 1.00 bits per heavy atom. The molecule has 5 nitrogen and oxygen atoms in total. The molecule has 0 fully saturated rings. The number of aliphatic carboxylic acids is 1. The van der Waals surface area contributed by atoms with Crippen LogP contribution in [0.5, 0.6) is 0 Å². The van der Waals surface area contributed by atoms with Crippen molar-refractivity contribution in [1.82, 2.24) is 5.32 Å². The number of carboxylic acids is 1. The van der Waals surface area contributed by atoms with Crippen LogP contribution in [0.3, 0.4) is 0 Å². The standard InChI is InChI=1S/C19H17F2NO4/c20-10-19(11-21,17(23)24)22-18(25)26-9-16-14-7-3-1-5-12(14)13-6-2-4-8-15(13)16/h1-8,16H,9-11H2,(H,22,25)(H,23,24). The van der Waals surface area contributed by atoms with Crippen LogP contribution >= 0.6 is 0 Å². The smallest absolute Gasteiger partial charge is 0.408 e. The topological polar surface area (TPSA) is 75.6 Å². The van der Waals surface area contributed by atoms with Crippen LogP contribution in [0.25, 0.3) is 11.1 Å². The van der Waals surface area contributed by atoms with Gasteiger partial charge in [-0.15, -0.1) is 0 Å². The van der Waals surface area contributed by atoms with Gasteiger partial charge in [-0.05, 0) is 22.3 Å². The molecule has 0 saturated carbocycles. The van der Waals surface area contributed by atoms with Crippen LogP contribution in [-0.4, -0.2) is 42.7 Å². The van der Waals surface area contributed by atoms with Crippen LogP contribution < -0.4 is 5.32 Å². The average Bonchev–Trinajstić information content (AvgIpc) is 2.98. The number of nitrogens with one attached hydrogen (secondary N) is 1. The summed E-state index contributed by atoms with van der Waals surface area (Å²) in [6.07, 6.45) is -1.18. The summed E-state index contributed by atoms with van der Waals surface area (Å²) >= 11 is 0. The third-order valence-electron chi connectivity index (χ3n) is 4.55. The van der Waals surface area contributed by atoms with Gasteiger partial charge in [0.25, 0.3) is 0 Å². The summed E-state index contributed by atoms with van der Waals surface area (Å²) in [5, 5.41) is 10.8. The molecule has 0 spiro atoms.